The second-order valence-electron chi connectivity index (χ2n) is 0.448. The molecular formula is H2InO4PbS. The standard InChI is InChI=1S/In.H2O4S.Pb/c;1-5(2,3)4;/h;(H2,1,2,3,4);. The van der Waals surface area contributed by atoms with Gasteiger partial charge in [0.15, 0.2) is 0 Å². The van der Waals surface area contributed by atoms with E-state index in [1.165, 1.54) is 0 Å². The Morgan fingerprint density at radius 2 is 1.14 bits per heavy atom. The van der Waals surface area contributed by atoms with Crippen molar-refractivity contribution in [2.75, 3.05) is 0 Å². The van der Waals surface area contributed by atoms with Crippen molar-refractivity contribution in [2.45, 2.75) is 0 Å². The van der Waals surface area contributed by atoms with Gasteiger partial charge >= 0.3 is 10.4 Å². The molecule has 0 aromatic heterocycles. The van der Waals surface area contributed by atoms with E-state index in [2.05, 4.69) is 0 Å². The Hall–Kier alpha value is 1.66. The van der Waals surface area contributed by atoms with Crippen molar-refractivity contribution in [1.29, 1.82) is 0 Å². The molecule has 7 heavy (non-hydrogen) atoms. The van der Waals surface area contributed by atoms with E-state index in [1.54, 1.807) is 0 Å². The fraction of sp³-hybridized carbons (Fsp3) is 0. The molecule has 0 amide bonds. The Morgan fingerprint density at radius 3 is 1.14 bits per heavy atom. The van der Waals surface area contributed by atoms with E-state index in [0.717, 1.165) is 0 Å². The molecule has 4 nitrogen and oxygen atoms in total. The molecule has 0 aromatic carbocycles. The average molecular weight is 420 g/mol. The molecular weight excluding hydrogens is 418 g/mol. The zero-order chi connectivity index (χ0) is 4.50. The van der Waals surface area contributed by atoms with Crippen LogP contribution in [0.3, 0.4) is 0 Å². The minimum absolute atomic E-state index is 0. The molecule has 0 aliphatic heterocycles. The largest absolute Gasteiger partial charge is 0.394 e. The third-order valence-corrected chi connectivity index (χ3v) is 0. The van der Waals surface area contributed by atoms with Gasteiger partial charge in [-0.05, 0) is 0 Å². The SMILES string of the molecule is O=S(=O)(O)O.[In].[Pb]. The van der Waals surface area contributed by atoms with Crippen molar-refractivity contribution >= 4 is 63.5 Å². The Morgan fingerprint density at radius 1 is 1.14 bits per heavy atom. The molecule has 0 spiro atoms. The van der Waals surface area contributed by atoms with Crippen molar-refractivity contribution in [3.63, 3.8) is 0 Å². The predicted molar refractivity (Wildman–Crippen MR) is 25.7 cm³/mol. The van der Waals surface area contributed by atoms with Crippen LogP contribution in [0.15, 0.2) is 0 Å². The average Bonchev–Trinajstić information content (AvgIpc) is 0.722. The van der Waals surface area contributed by atoms with Crippen LogP contribution in [0.25, 0.3) is 0 Å². The molecule has 0 aromatic rings. The Labute approximate surface area is 80.2 Å². The van der Waals surface area contributed by atoms with E-state index in [-0.39, 0.29) is 53.1 Å². The van der Waals surface area contributed by atoms with Crippen LogP contribution in [-0.2, 0) is 10.4 Å². The summed E-state index contributed by atoms with van der Waals surface area (Å²) in [6.45, 7) is 0. The zero-order valence-electron chi connectivity index (χ0n) is 3.20. The minimum Gasteiger partial charge on any atom is -0.264 e. The van der Waals surface area contributed by atoms with Gasteiger partial charge in [0.2, 0.25) is 0 Å². The molecule has 0 aliphatic rings. The summed E-state index contributed by atoms with van der Waals surface area (Å²) >= 11 is 0. The van der Waals surface area contributed by atoms with Crippen molar-refractivity contribution in [2.24, 2.45) is 0 Å². The molecule has 7 heteroatoms. The van der Waals surface area contributed by atoms with E-state index in [9.17, 15) is 0 Å². The van der Waals surface area contributed by atoms with Gasteiger partial charge in [0.1, 0.15) is 0 Å². The van der Waals surface area contributed by atoms with Gasteiger partial charge in [0.25, 0.3) is 0 Å². The van der Waals surface area contributed by atoms with Crippen LogP contribution in [0, 0.1) is 0 Å². The summed E-state index contributed by atoms with van der Waals surface area (Å²) in [6, 6.07) is 0. The first-order valence-corrected chi connectivity index (χ1v) is 2.10. The molecule has 0 bridgehead atoms. The topological polar surface area (TPSA) is 74.6 Å². The van der Waals surface area contributed by atoms with Crippen molar-refractivity contribution in [3.05, 3.63) is 0 Å². The van der Waals surface area contributed by atoms with E-state index in [0.29, 0.717) is 0 Å². The molecule has 0 saturated carbocycles. The predicted octanol–water partition coefficient (Wildman–Crippen LogP) is -1.41. The molecule has 0 saturated heterocycles. The fourth-order valence-electron chi connectivity index (χ4n) is 0. The molecule has 0 rings (SSSR count). The van der Waals surface area contributed by atoms with Gasteiger partial charge in [0.05, 0.1) is 0 Å². The summed E-state index contributed by atoms with van der Waals surface area (Å²) in [6.07, 6.45) is 0. The van der Waals surface area contributed by atoms with E-state index in [4.69, 9.17) is 17.5 Å². The third kappa shape index (κ3) is 88.9. The van der Waals surface area contributed by atoms with E-state index in [1.807, 2.05) is 0 Å². The van der Waals surface area contributed by atoms with Gasteiger partial charge in [0, 0.05) is 53.1 Å². The minimum atomic E-state index is -4.67. The Balaban J connectivity index is -0.0000000800. The number of rotatable bonds is 0. The second kappa shape index (κ2) is 5.79. The normalized spacial score (nSPS) is 8.29. The fourth-order valence-corrected chi connectivity index (χ4v) is 0. The van der Waals surface area contributed by atoms with Crippen LogP contribution in [0.1, 0.15) is 0 Å². The molecule has 0 unspecified atom stereocenters. The summed E-state index contributed by atoms with van der Waals surface area (Å²) < 4.78 is 31.6. The van der Waals surface area contributed by atoms with Crippen LogP contribution >= 0.6 is 0 Å². The molecule has 0 fully saturated rings. The molecule has 0 aliphatic carbocycles. The van der Waals surface area contributed by atoms with Crippen LogP contribution in [0.4, 0.5) is 0 Å². The first-order chi connectivity index (χ1) is 2.00. The molecule has 39 valence electrons. The van der Waals surface area contributed by atoms with Crippen LogP contribution < -0.4 is 0 Å². The van der Waals surface area contributed by atoms with Crippen molar-refractivity contribution < 1.29 is 17.5 Å². The van der Waals surface area contributed by atoms with Gasteiger partial charge in [-0.3, -0.25) is 9.11 Å². The maximum atomic E-state index is 8.74. The smallest absolute Gasteiger partial charge is 0.264 e. The van der Waals surface area contributed by atoms with Gasteiger partial charge < -0.3 is 0 Å². The molecule has 0 atom stereocenters. The zero-order valence-corrected chi connectivity index (χ0v) is 11.2. The summed E-state index contributed by atoms with van der Waals surface area (Å²) in [5.74, 6) is 0. The third-order valence-electron chi connectivity index (χ3n) is 0. The summed E-state index contributed by atoms with van der Waals surface area (Å²) in [5.41, 5.74) is 0. The second-order valence-corrected chi connectivity index (χ2v) is 1.34. The quantitative estimate of drug-likeness (QED) is 0.373. The van der Waals surface area contributed by atoms with Crippen LogP contribution in [0.2, 0.25) is 0 Å². The number of hydrogen-bond donors (Lipinski definition) is 2. The molecule has 0 heterocycles. The summed E-state index contributed by atoms with van der Waals surface area (Å²) in [5, 5.41) is 0. The van der Waals surface area contributed by atoms with Gasteiger partial charge in [-0.1, -0.05) is 0 Å². The van der Waals surface area contributed by atoms with Gasteiger partial charge in [-0.15, -0.1) is 0 Å². The molecule has 7 radical (unpaired) electrons. The van der Waals surface area contributed by atoms with E-state index >= 15 is 0 Å². The monoisotopic (exact) mass is 421 g/mol. The maximum absolute atomic E-state index is 8.74. The van der Waals surface area contributed by atoms with Crippen molar-refractivity contribution in [1.82, 2.24) is 0 Å². The van der Waals surface area contributed by atoms with Crippen LogP contribution in [0.5, 0.6) is 0 Å². The van der Waals surface area contributed by atoms with Crippen LogP contribution in [-0.4, -0.2) is 70.7 Å². The van der Waals surface area contributed by atoms with Crippen molar-refractivity contribution in [3.8, 4) is 0 Å². The first-order valence-electron chi connectivity index (χ1n) is 0.698. The first kappa shape index (κ1) is 15.9. The maximum Gasteiger partial charge on any atom is 0.394 e. The van der Waals surface area contributed by atoms with E-state index < -0.39 is 10.4 Å². The summed E-state index contributed by atoms with van der Waals surface area (Å²) in [4.78, 5) is 0. The number of hydrogen-bond acceptors (Lipinski definition) is 2. The molecule has 2 N–H and O–H groups in total. The Bertz CT molecular complexity index is 94.9. The summed E-state index contributed by atoms with van der Waals surface area (Å²) in [7, 11) is -4.67. The Kier molecular flexibility index (Phi) is 13.1. The van der Waals surface area contributed by atoms with Gasteiger partial charge in [-0.2, -0.15) is 8.42 Å². The van der Waals surface area contributed by atoms with Gasteiger partial charge in [-0.25, -0.2) is 0 Å².